The third kappa shape index (κ3) is 5.33. The molecule has 0 bridgehead atoms. The van der Waals surface area contributed by atoms with Crippen molar-refractivity contribution in [1.82, 2.24) is 0 Å². The van der Waals surface area contributed by atoms with Crippen LogP contribution in [0.4, 0.5) is 0 Å². The molecule has 0 unspecified atom stereocenters. The summed E-state index contributed by atoms with van der Waals surface area (Å²) in [4.78, 5) is 11.1. The van der Waals surface area contributed by atoms with Gasteiger partial charge in [0.1, 0.15) is 23.9 Å². The second kappa shape index (κ2) is 8.02. The Morgan fingerprint density at radius 1 is 1.11 bits per heavy atom. The van der Waals surface area contributed by atoms with Crippen LogP contribution in [0.1, 0.15) is 6.92 Å². The number of methoxy groups -OCH3 is 2. The molecule has 0 amide bonds. The van der Waals surface area contributed by atoms with E-state index in [1.165, 1.54) is 6.08 Å². The van der Waals surface area contributed by atoms with E-state index in [2.05, 4.69) is 0 Å². The van der Waals surface area contributed by atoms with E-state index in [1.54, 1.807) is 45.4 Å². The Hall–Kier alpha value is -2.17. The summed E-state index contributed by atoms with van der Waals surface area (Å²) in [5.41, 5.74) is 0. The molecule has 0 aliphatic carbocycles. The first kappa shape index (κ1) is 14.9. The van der Waals surface area contributed by atoms with Crippen LogP contribution in [-0.2, 0) is 9.53 Å². The molecule has 0 saturated heterocycles. The lowest BCUT2D eigenvalue weighted by atomic mass is 10.3. The lowest BCUT2D eigenvalue weighted by Crippen LogP contribution is -2.01. The van der Waals surface area contributed by atoms with Gasteiger partial charge in [0.2, 0.25) is 0 Å². The van der Waals surface area contributed by atoms with Crippen LogP contribution in [0.3, 0.4) is 0 Å². The first-order valence-electron chi connectivity index (χ1n) is 5.88. The van der Waals surface area contributed by atoms with E-state index >= 15 is 0 Å². The lowest BCUT2D eigenvalue weighted by Gasteiger charge is -2.08. The first-order valence-corrected chi connectivity index (χ1v) is 5.88. The highest BCUT2D eigenvalue weighted by Gasteiger charge is 2.02. The number of carbonyl (C=O) groups is 1. The molecule has 5 heteroatoms. The number of carbonyl (C=O) groups excluding carboxylic acids is 1. The Labute approximate surface area is 112 Å². The largest absolute Gasteiger partial charge is 0.496 e. The van der Waals surface area contributed by atoms with Gasteiger partial charge in [0.05, 0.1) is 20.8 Å². The van der Waals surface area contributed by atoms with Crippen LogP contribution in [0.5, 0.6) is 17.2 Å². The number of rotatable bonds is 7. The minimum Gasteiger partial charge on any atom is -0.496 e. The van der Waals surface area contributed by atoms with E-state index in [0.717, 1.165) is 0 Å². The number of esters is 1. The van der Waals surface area contributed by atoms with Crippen molar-refractivity contribution in [2.75, 3.05) is 27.4 Å². The Morgan fingerprint density at radius 2 is 1.68 bits per heavy atom. The van der Waals surface area contributed by atoms with Gasteiger partial charge in [0.15, 0.2) is 0 Å². The maximum atomic E-state index is 11.1. The molecule has 0 radical (unpaired) electrons. The lowest BCUT2D eigenvalue weighted by molar-refractivity contribution is -0.137. The summed E-state index contributed by atoms with van der Waals surface area (Å²) < 4.78 is 20.5. The number of ether oxygens (including phenoxy) is 4. The average Bonchev–Trinajstić information content (AvgIpc) is 2.43. The highest BCUT2D eigenvalue weighted by Crippen LogP contribution is 2.27. The fourth-order valence-electron chi connectivity index (χ4n) is 1.34. The summed E-state index contributed by atoms with van der Waals surface area (Å²) in [5, 5.41) is 0. The van der Waals surface area contributed by atoms with Crippen molar-refractivity contribution in [3.63, 3.8) is 0 Å². The molecule has 0 atom stereocenters. The number of hydrogen-bond donors (Lipinski definition) is 0. The van der Waals surface area contributed by atoms with E-state index in [4.69, 9.17) is 18.9 Å². The van der Waals surface area contributed by atoms with Gasteiger partial charge < -0.3 is 18.9 Å². The monoisotopic (exact) mass is 266 g/mol. The summed E-state index contributed by atoms with van der Waals surface area (Å²) in [7, 11) is 3.14. The SMILES string of the molecule is CCOC(=O)/C=C/COc1cc(OC)cc(OC)c1. The van der Waals surface area contributed by atoms with E-state index in [9.17, 15) is 4.79 Å². The van der Waals surface area contributed by atoms with E-state index in [0.29, 0.717) is 23.9 Å². The summed E-state index contributed by atoms with van der Waals surface area (Å²) >= 11 is 0. The first-order chi connectivity index (χ1) is 9.19. The maximum Gasteiger partial charge on any atom is 0.330 e. The van der Waals surface area contributed by atoms with Crippen molar-refractivity contribution in [3.05, 3.63) is 30.4 Å². The average molecular weight is 266 g/mol. The molecule has 104 valence electrons. The van der Waals surface area contributed by atoms with Gasteiger partial charge in [-0.2, -0.15) is 0 Å². The van der Waals surface area contributed by atoms with Crippen molar-refractivity contribution in [1.29, 1.82) is 0 Å². The van der Waals surface area contributed by atoms with Crippen LogP contribution < -0.4 is 14.2 Å². The van der Waals surface area contributed by atoms with E-state index in [-0.39, 0.29) is 12.6 Å². The van der Waals surface area contributed by atoms with Crippen LogP contribution in [0.25, 0.3) is 0 Å². The molecule has 1 rings (SSSR count). The summed E-state index contributed by atoms with van der Waals surface area (Å²) in [6, 6.07) is 5.22. The molecule has 1 aromatic carbocycles. The van der Waals surface area contributed by atoms with Gasteiger partial charge in [0, 0.05) is 24.3 Å². The predicted octanol–water partition coefficient (Wildman–Crippen LogP) is 2.20. The van der Waals surface area contributed by atoms with Crippen molar-refractivity contribution in [3.8, 4) is 17.2 Å². The number of benzene rings is 1. The molecular weight excluding hydrogens is 248 g/mol. The van der Waals surface area contributed by atoms with Crippen LogP contribution in [0.15, 0.2) is 30.4 Å². The molecule has 0 heterocycles. The zero-order chi connectivity index (χ0) is 14.1. The van der Waals surface area contributed by atoms with Gasteiger partial charge in [-0.05, 0) is 13.0 Å². The van der Waals surface area contributed by atoms with Crippen LogP contribution in [0, 0.1) is 0 Å². The summed E-state index contributed by atoms with van der Waals surface area (Å²) in [5.74, 6) is 1.51. The molecule has 0 aromatic heterocycles. The standard InChI is InChI=1S/C14H18O5/c1-4-18-14(15)6-5-7-19-13-9-11(16-2)8-12(10-13)17-3/h5-6,8-10H,4,7H2,1-3H3/b6-5+. The quantitative estimate of drug-likeness (QED) is 0.559. The molecule has 0 spiro atoms. The van der Waals surface area contributed by atoms with Gasteiger partial charge in [-0.15, -0.1) is 0 Å². The van der Waals surface area contributed by atoms with Gasteiger partial charge in [-0.3, -0.25) is 0 Å². The minimum absolute atomic E-state index is 0.259. The summed E-state index contributed by atoms with van der Waals surface area (Å²) in [6.45, 7) is 2.37. The molecule has 0 aliphatic rings. The van der Waals surface area contributed by atoms with Gasteiger partial charge in [-0.25, -0.2) is 4.79 Å². The topological polar surface area (TPSA) is 54.0 Å². The Morgan fingerprint density at radius 3 is 2.21 bits per heavy atom. The molecular formula is C14H18O5. The highest BCUT2D eigenvalue weighted by atomic mass is 16.5. The Bertz CT molecular complexity index is 417. The van der Waals surface area contributed by atoms with Gasteiger partial charge >= 0.3 is 5.97 Å². The summed E-state index contributed by atoms with van der Waals surface area (Å²) in [6.07, 6.45) is 2.92. The molecule has 0 saturated carbocycles. The normalized spacial score (nSPS) is 10.3. The smallest absolute Gasteiger partial charge is 0.330 e. The van der Waals surface area contributed by atoms with Crippen molar-refractivity contribution in [2.24, 2.45) is 0 Å². The zero-order valence-corrected chi connectivity index (χ0v) is 11.3. The minimum atomic E-state index is -0.380. The van der Waals surface area contributed by atoms with E-state index < -0.39 is 0 Å². The molecule has 1 aromatic rings. The highest BCUT2D eigenvalue weighted by molar-refractivity contribution is 5.81. The Balaban J connectivity index is 2.55. The second-order valence-electron chi connectivity index (χ2n) is 3.51. The number of hydrogen-bond acceptors (Lipinski definition) is 5. The third-order valence-electron chi connectivity index (χ3n) is 2.21. The molecule has 0 aliphatic heterocycles. The third-order valence-corrected chi connectivity index (χ3v) is 2.21. The molecule has 0 N–H and O–H groups in total. The van der Waals surface area contributed by atoms with Crippen molar-refractivity contribution in [2.45, 2.75) is 6.92 Å². The Kier molecular flexibility index (Phi) is 6.29. The molecule has 0 fully saturated rings. The van der Waals surface area contributed by atoms with E-state index in [1.807, 2.05) is 0 Å². The predicted molar refractivity (Wildman–Crippen MR) is 70.8 cm³/mol. The molecule has 19 heavy (non-hydrogen) atoms. The molecule has 5 nitrogen and oxygen atoms in total. The van der Waals surface area contributed by atoms with Crippen molar-refractivity contribution < 1.29 is 23.7 Å². The fourth-order valence-corrected chi connectivity index (χ4v) is 1.34. The van der Waals surface area contributed by atoms with Gasteiger partial charge in [-0.1, -0.05) is 0 Å². The second-order valence-corrected chi connectivity index (χ2v) is 3.51. The van der Waals surface area contributed by atoms with Crippen LogP contribution in [0.2, 0.25) is 0 Å². The fraction of sp³-hybridized carbons (Fsp3) is 0.357. The van der Waals surface area contributed by atoms with Crippen LogP contribution in [-0.4, -0.2) is 33.4 Å². The van der Waals surface area contributed by atoms with Crippen molar-refractivity contribution >= 4 is 5.97 Å². The zero-order valence-electron chi connectivity index (χ0n) is 11.3. The van der Waals surface area contributed by atoms with Crippen LogP contribution >= 0.6 is 0 Å². The maximum absolute atomic E-state index is 11.1. The van der Waals surface area contributed by atoms with Gasteiger partial charge in [0.25, 0.3) is 0 Å².